The topological polar surface area (TPSA) is 35.3 Å². The zero-order chi connectivity index (χ0) is 10.8. The van der Waals surface area contributed by atoms with Crippen LogP contribution in [0.5, 0.6) is 0 Å². The van der Waals surface area contributed by atoms with Crippen molar-refractivity contribution in [2.45, 2.75) is 44.9 Å². The molecule has 86 valence electrons. The van der Waals surface area contributed by atoms with Crippen molar-refractivity contribution in [1.29, 1.82) is 0 Å². The van der Waals surface area contributed by atoms with Gasteiger partial charge in [-0.05, 0) is 19.3 Å². The van der Waals surface area contributed by atoms with Gasteiger partial charge < -0.3 is 9.26 Å². The summed E-state index contributed by atoms with van der Waals surface area (Å²) >= 11 is 0. The van der Waals surface area contributed by atoms with Gasteiger partial charge in [-0.25, -0.2) is 0 Å². The number of unbranched alkanes of at least 4 members (excludes halogenated alkanes) is 5. The molecule has 0 aliphatic heterocycles. The standard InChI is InChI=1S/C12H21NO2/c1-14-10-7-5-3-2-4-6-8-12-9-11-15-13-12/h9,11H,2-8,10H2,1H3. The van der Waals surface area contributed by atoms with Gasteiger partial charge in [0.1, 0.15) is 6.26 Å². The predicted molar refractivity (Wildman–Crippen MR) is 59.8 cm³/mol. The van der Waals surface area contributed by atoms with E-state index in [2.05, 4.69) is 5.16 Å². The van der Waals surface area contributed by atoms with Gasteiger partial charge in [-0.2, -0.15) is 0 Å². The molecule has 0 spiro atoms. The molecule has 3 nitrogen and oxygen atoms in total. The van der Waals surface area contributed by atoms with Crippen LogP contribution in [0, 0.1) is 0 Å². The fourth-order valence-electron chi connectivity index (χ4n) is 1.63. The van der Waals surface area contributed by atoms with Crippen LogP contribution in [0.3, 0.4) is 0 Å². The minimum Gasteiger partial charge on any atom is -0.385 e. The van der Waals surface area contributed by atoms with Gasteiger partial charge in [0.25, 0.3) is 0 Å². The van der Waals surface area contributed by atoms with E-state index in [1.807, 2.05) is 6.07 Å². The monoisotopic (exact) mass is 211 g/mol. The van der Waals surface area contributed by atoms with Gasteiger partial charge in [0.2, 0.25) is 0 Å². The van der Waals surface area contributed by atoms with E-state index in [9.17, 15) is 0 Å². The summed E-state index contributed by atoms with van der Waals surface area (Å²) in [4.78, 5) is 0. The lowest BCUT2D eigenvalue weighted by molar-refractivity contribution is 0.192. The number of aryl methyl sites for hydroxylation is 1. The first-order valence-electron chi connectivity index (χ1n) is 5.81. The summed E-state index contributed by atoms with van der Waals surface area (Å²) in [6.07, 6.45) is 10.3. The van der Waals surface area contributed by atoms with E-state index < -0.39 is 0 Å². The minimum atomic E-state index is 0.902. The summed E-state index contributed by atoms with van der Waals surface area (Å²) in [6.45, 7) is 0.902. The smallest absolute Gasteiger partial charge is 0.124 e. The van der Waals surface area contributed by atoms with Crippen LogP contribution in [0.2, 0.25) is 0 Å². The van der Waals surface area contributed by atoms with E-state index in [-0.39, 0.29) is 0 Å². The van der Waals surface area contributed by atoms with Crippen LogP contribution in [-0.2, 0) is 11.2 Å². The summed E-state index contributed by atoms with van der Waals surface area (Å²) in [6, 6.07) is 1.94. The molecule has 1 aromatic rings. The summed E-state index contributed by atoms with van der Waals surface area (Å²) in [7, 11) is 1.76. The van der Waals surface area contributed by atoms with Crippen molar-refractivity contribution < 1.29 is 9.26 Å². The van der Waals surface area contributed by atoms with Crippen LogP contribution >= 0.6 is 0 Å². The Morgan fingerprint density at radius 1 is 1.13 bits per heavy atom. The molecule has 0 aromatic carbocycles. The third-order valence-corrected chi connectivity index (χ3v) is 2.52. The predicted octanol–water partition coefficient (Wildman–Crippen LogP) is 3.20. The van der Waals surface area contributed by atoms with Crippen molar-refractivity contribution in [2.75, 3.05) is 13.7 Å². The van der Waals surface area contributed by atoms with E-state index in [0.717, 1.165) is 18.7 Å². The first-order valence-corrected chi connectivity index (χ1v) is 5.81. The molecule has 0 radical (unpaired) electrons. The molecule has 0 aliphatic carbocycles. The van der Waals surface area contributed by atoms with Crippen molar-refractivity contribution in [2.24, 2.45) is 0 Å². The highest BCUT2D eigenvalue weighted by molar-refractivity contribution is 4.94. The molecule has 1 heterocycles. The first-order chi connectivity index (χ1) is 7.43. The number of aromatic nitrogens is 1. The normalized spacial score (nSPS) is 10.7. The lowest BCUT2D eigenvalue weighted by Gasteiger charge is -2.00. The van der Waals surface area contributed by atoms with Crippen LogP contribution < -0.4 is 0 Å². The Hall–Kier alpha value is -0.830. The van der Waals surface area contributed by atoms with E-state index >= 15 is 0 Å². The van der Waals surface area contributed by atoms with Crippen LogP contribution in [-0.4, -0.2) is 18.9 Å². The van der Waals surface area contributed by atoms with Crippen molar-refractivity contribution in [1.82, 2.24) is 5.16 Å². The summed E-state index contributed by atoms with van der Waals surface area (Å²) in [5.41, 5.74) is 1.08. The third kappa shape index (κ3) is 6.28. The second-order valence-electron chi connectivity index (χ2n) is 3.85. The highest BCUT2D eigenvalue weighted by Gasteiger charge is 1.96. The second kappa shape index (κ2) is 8.48. The van der Waals surface area contributed by atoms with Gasteiger partial charge >= 0.3 is 0 Å². The zero-order valence-electron chi connectivity index (χ0n) is 9.58. The number of hydrogen-bond acceptors (Lipinski definition) is 3. The van der Waals surface area contributed by atoms with Gasteiger partial charge in [0.15, 0.2) is 0 Å². The number of methoxy groups -OCH3 is 1. The van der Waals surface area contributed by atoms with E-state index in [1.165, 1.54) is 38.5 Å². The van der Waals surface area contributed by atoms with Gasteiger partial charge in [-0.3, -0.25) is 0 Å². The Labute approximate surface area is 91.8 Å². The largest absolute Gasteiger partial charge is 0.385 e. The van der Waals surface area contributed by atoms with E-state index in [4.69, 9.17) is 9.26 Å². The van der Waals surface area contributed by atoms with Gasteiger partial charge in [0.05, 0.1) is 5.69 Å². The average Bonchev–Trinajstić information content (AvgIpc) is 2.75. The molecule has 1 aromatic heterocycles. The molecule has 15 heavy (non-hydrogen) atoms. The molecule has 0 N–H and O–H groups in total. The Morgan fingerprint density at radius 2 is 1.87 bits per heavy atom. The molecule has 0 aliphatic rings. The molecule has 0 bridgehead atoms. The first kappa shape index (κ1) is 12.2. The lowest BCUT2D eigenvalue weighted by Crippen LogP contribution is -1.89. The Morgan fingerprint density at radius 3 is 2.53 bits per heavy atom. The van der Waals surface area contributed by atoms with Crippen LogP contribution in [0.15, 0.2) is 16.9 Å². The molecule has 0 atom stereocenters. The molecular weight excluding hydrogens is 190 g/mol. The van der Waals surface area contributed by atoms with Crippen LogP contribution in [0.4, 0.5) is 0 Å². The summed E-state index contributed by atoms with van der Waals surface area (Å²) < 4.78 is 9.77. The van der Waals surface area contributed by atoms with Crippen molar-refractivity contribution >= 4 is 0 Å². The maximum absolute atomic E-state index is 5.00. The molecular formula is C12H21NO2. The SMILES string of the molecule is COCCCCCCCCc1ccon1. The molecule has 3 heteroatoms. The lowest BCUT2D eigenvalue weighted by atomic mass is 10.1. The molecule has 0 fully saturated rings. The van der Waals surface area contributed by atoms with Crippen molar-refractivity contribution in [3.8, 4) is 0 Å². The molecule has 0 unspecified atom stereocenters. The Bertz CT molecular complexity index is 222. The Kier molecular flexibility index (Phi) is 6.92. The maximum atomic E-state index is 5.00. The van der Waals surface area contributed by atoms with Gasteiger partial charge in [-0.1, -0.05) is 30.8 Å². The van der Waals surface area contributed by atoms with Gasteiger partial charge in [-0.15, -0.1) is 0 Å². The molecule has 0 saturated carbocycles. The quantitative estimate of drug-likeness (QED) is 0.588. The van der Waals surface area contributed by atoms with E-state index in [1.54, 1.807) is 13.4 Å². The second-order valence-corrected chi connectivity index (χ2v) is 3.85. The van der Waals surface area contributed by atoms with Crippen LogP contribution in [0.1, 0.15) is 44.2 Å². The van der Waals surface area contributed by atoms with Crippen molar-refractivity contribution in [3.05, 3.63) is 18.0 Å². The molecule has 0 saturated heterocycles. The summed E-state index contributed by atoms with van der Waals surface area (Å²) in [5, 5.41) is 3.88. The fourth-order valence-corrected chi connectivity index (χ4v) is 1.63. The fraction of sp³-hybridized carbons (Fsp3) is 0.750. The van der Waals surface area contributed by atoms with Crippen molar-refractivity contribution in [3.63, 3.8) is 0 Å². The van der Waals surface area contributed by atoms with Gasteiger partial charge in [0, 0.05) is 19.8 Å². The van der Waals surface area contributed by atoms with E-state index in [0.29, 0.717) is 0 Å². The molecule has 1 rings (SSSR count). The highest BCUT2D eigenvalue weighted by Crippen LogP contribution is 2.08. The minimum absolute atomic E-state index is 0.902. The van der Waals surface area contributed by atoms with Crippen LogP contribution in [0.25, 0.3) is 0 Å². The number of hydrogen-bond donors (Lipinski definition) is 0. The average molecular weight is 211 g/mol. The Balaban J connectivity index is 1.81. The number of rotatable bonds is 9. The highest BCUT2D eigenvalue weighted by atomic mass is 16.5. The number of nitrogens with zero attached hydrogens (tertiary/aromatic N) is 1. The zero-order valence-corrected chi connectivity index (χ0v) is 9.58. The number of ether oxygens (including phenoxy) is 1. The summed E-state index contributed by atoms with van der Waals surface area (Å²) in [5.74, 6) is 0. The molecule has 0 amide bonds. The maximum Gasteiger partial charge on any atom is 0.124 e. The third-order valence-electron chi connectivity index (χ3n) is 2.52.